The van der Waals surface area contributed by atoms with Crippen molar-refractivity contribution in [2.24, 2.45) is 0 Å². The molecule has 46 valence electrons. The van der Waals surface area contributed by atoms with Crippen LogP contribution < -0.4 is 0 Å². The Bertz CT molecular complexity index is 70.1. The molecule has 0 amide bonds. The van der Waals surface area contributed by atoms with Gasteiger partial charge in [0.25, 0.3) is 0 Å². The monoisotopic (exact) mass is 182 g/mol. The van der Waals surface area contributed by atoms with Gasteiger partial charge in [0, 0.05) is 0 Å². The smallest absolute Gasteiger partial charge is 0.164 e. The predicted octanol–water partition coefficient (Wildman–Crippen LogP) is 2.34. The Kier molecular flexibility index (Phi) is 5.05. The van der Waals surface area contributed by atoms with Gasteiger partial charge in [-0.15, -0.1) is 0 Å². The summed E-state index contributed by atoms with van der Waals surface area (Å²) in [5.41, 5.74) is 4.04. The fourth-order valence-corrected chi connectivity index (χ4v) is 3.20. The largest absolute Gasteiger partial charge is 0.188 e. The van der Waals surface area contributed by atoms with Gasteiger partial charge in [-0.1, -0.05) is 24.5 Å². The van der Waals surface area contributed by atoms with Crippen molar-refractivity contribution in [3.8, 4) is 0 Å². The first-order valence-corrected chi connectivity index (χ1v) is 8.47. The Morgan fingerprint density at radius 3 is 1.38 bits per heavy atom. The molecule has 0 heterocycles. The third-order valence-corrected chi connectivity index (χ3v) is 2.88. The highest BCUT2D eigenvalue weighted by Gasteiger charge is 1.94. The van der Waals surface area contributed by atoms with Crippen LogP contribution in [-0.2, 0) is 0 Å². The molecule has 0 bridgehead atoms. The summed E-state index contributed by atoms with van der Waals surface area (Å²) in [6, 6.07) is 0. The topological polar surface area (TPSA) is 0 Å². The van der Waals surface area contributed by atoms with Crippen molar-refractivity contribution in [2.75, 3.05) is 0 Å². The molecule has 0 aliphatic rings. The minimum Gasteiger partial charge on any atom is -0.164 e. The summed E-state index contributed by atoms with van der Waals surface area (Å²) in [5, 5.41) is 0. The fraction of sp³-hybridized carbons (Fsp3) is 0.500. The highest BCUT2D eigenvalue weighted by atomic mass is 35.6. The van der Waals surface area contributed by atoms with Gasteiger partial charge in [-0.05, 0) is 0 Å². The lowest BCUT2D eigenvalue weighted by molar-refractivity contribution is 2.15. The van der Waals surface area contributed by atoms with E-state index in [1.165, 1.54) is 0 Å². The first-order chi connectivity index (χ1) is 3.63. The highest BCUT2D eigenvalue weighted by molar-refractivity contribution is 7.12. The van der Waals surface area contributed by atoms with E-state index >= 15 is 0 Å². The molecule has 0 unspecified atom stereocenters. The minimum atomic E-state index is -0.697. The van der Waals surface area contributed by atoms with Crippen molar-refractivity contribution in [2.45, 2.75) is 13.1 Å². The molecule has 0 aromatic heterocycles. The molecule has 0 aromatic carbocycles. The first kappa shape index (κ1) is 8.75. The zero-order valence-electron chi connectivity index (χ0n) is 4.91. The average molecular weight is 183 g/mol. The second-order valence-corrected chi connectivity index (χ2v) is 8.10. The van der Waals surface area contributed by atoms with E-state index in [1.807, 2.05) is 24.5 Å². The zero-order chi connectivity index (χ0) is 6.57. The molecule has 0 atom stereocenters. The van der Waals surface area contributed by atoms with E-state index in [-0.39, 0.29) is 0 Å². The van der Waals surface area contributed by atoms with E-state index in [0.29, 0.717) is 0 Å². The molecule has 0 fully saturated rings. The molecule has 0 aromatic rings. The van der Waals surface area contributed by atoms with E-state index in [4.69, 9.17) is 22.2 Å². The maximum atomic E-state index is 5.69. The van der Waals surface area contributed by atoms with Gasteiger partial charge in [0.1, 0.15) is 0 Å². The third kappa shape index (κ3) is 6.75. The Morgan fingerprint density at radius 1 is 1.00 bits per heavy atom. The molecule has 0 nitrogen and oxygen atoms in total. The number of hydrogen-bond donors (Lipinski definition) is 0. The second kappa shape index (κ2) is 4.62. The molecule has 0 aliphatic carbocycles. The summed E-state index contributed by atoms with van der Waals surface area (Å²) in [5.74, 6) is 0. The Labute approximate surface area is 63.1 Å². The highest BCUT2D eigenvalue weighted by Crippen LogP contribution is 1.94. The van der Waals surface area contributed by atoms with E-state index in [9.17, 15) is 0 Å². The van der Waals surface area contributed by atoms with Crippen molar-refractivity contribution >= 4 is 38.4 Å². The van der Waals surface area contributed by atoms with Crippen molar-refractivity contribution in [1.82, 2.24) is 0 Å². The van der Waals surface area contributed by atoms with Crippen molar-refractivity contribution in [1.29, 1.82) is 0 Å². The van der Waals surface area contributed by atoms with Crippen LogP contribution >= 0.6 is 22.2 Å². The lowest BCUT2D eigenvalue weighted by atomic mass is 11.2. The van der Waals surface area contributed by atoms with Gasteiger partial charge in [-0.25, -0.2) is 0 Å². The first-order valence-electron chi connectivity index (χ1n) is 2.29. The maximum absolute atomic E-state index is 5.69. The Balaban J connectivity index is 3.34. The molecule has 0 aliphatic heterocycles. The SMILES string of the molecule is C[Si](Cl)C=C[Si](C)Cl. The van der Waals surface area contributed by atoms with Crippen LogP contribution in [0.3, 0.4) is 0 Å². The molecular weight excluding hydrogens is 175 g/mol. The van der Waals surface area contributed by atoms with Gasteiger partial charge in [0.05, 0.1) is 0 Å². The van der Waals surface area contributed by atoms with E-state index in [2.05, 4.69) is 0 Å². The fourth-order valence-electron chi connectivity index (χ4n) is 0.230. The van der Waals surface area contributed by atoms with Crippen LogP contribution in [0.15, 0.2) is 11.4 Å². The van der Waals surface area contributed by atoms with Crippen LogP contribution in [0.25, 0.3) is 0 Å². The minimum absolute atomic E-state index is 0.697. The quantitative estimate of drug-likeness (QED) is 0.455. The number of rotatable bonds is 2. The number of hydrogen-bond acceptors (Lipinski definition) is 0. The molecule has 0 spiro atoms. The van der Waals surface area contributed by atoms with Crippen LogP contribution in [-0.4, -0.2) is 16.2 Å². The van der Waals surface area contributed by atoms with Gasteiger partial charge >= 0.3 is 0 Å². The second-order valence-electron chi connectivity index (χ2n) is 1.51. The van der Waals surface area contributed by atoms with Gasteiger partial charge in [0.2, 0.25) is 0 Å². The van der Waals surface area contributed by atoms with Gasteiger partial charge < -0.3 is 0 Å². The molecule has 0 saturated heterocycles. The maximum Gasteiger partial charge on any atom is 0.188 e. The summed E-state index contributed by atoms with van der Waals surface area (Å²) in [6.07, 6.45) is 0. The molecule has 0 saturated carbocycles. The van der Waals surface area contributed by atoms with E-state index in [1.54, 1.807) is 0 Å². The lowest BCUT2D eigenvalue weighted by Crippen LogP contribution is -1.94. The van der Waals surface area contributed by atoms with Crippen LogP contribution in [0.2, 0.25) is 13.1 Å². The van der Waals surface area contributed by atoms with Crippen LogP contribution in [0.1, 0.15) is 0 Å². The summed E-state index contributed by atoms with van der Waals surface area (Å²) >= 11 is 11.4. The summed E-state index contributed by atoms with van der Waals surface area (Å²) < 4.78 is 0. The lowest BCUT2D eigenvalue weighted by Gasteiger charge is -1.87. The van der Waals surface area contributed by atoms with Gasteiger partial charge in [-0.3, -0.25) is 0 Å². The standard InChI is InChI=1S/C4H8Cl2Si2/c1-7(5)3-4-8(2)6/h3-4H,1-2H3. The van der Waals surface area contributed by atoms with Crippen molar-refractivity contribution in [3.05, 3.63) is 11.4 Å². The molecule has 0 N–H and O–H groups in total. The molecule has 0 rings (SSSR count). The molecular formula is C4H8Cl2Si2. The Hall–Kier alpha value is 0.754. The zero-order valence-corrected chi connectivity index (χ0v) is 8.42. The molecule has 2 radical (unpaired) electrons. The van der Waals surface area contributed by atoms with Crippen LogP contribution in [0.5, 0.6) is 0 Å². The molecule has 8 heavy (non-hydrogen) atoms. The van der Waals surface area contributed by atoms with Crippen LogP contribution in [0.4, 0.5) is 0 Å². The van der Waals surface area contributed by atoms with E-state index < -0.39 is 16.2 Å². The predicted molar refractivity (Wildman–Crippen MR) is 44.1 cm³/mol. The Morgan fingerprint density at radius 2 is 1.25 bits per heavy atom. The average Bonchev–Trinajstić information content (AvgIpc) is 1.61. The van der Waals surface area contributed by atoms with Crippen molar-refractivity contribution < 1.29 is 0 Å². The third-order valence-electron chi connectivity index (χ3n) is 0.543. The normalized spacial score (nSPS) is 12.2. The number of halogens is 2. The van der Waals surface area contributed by atoms with Crippen LogP contribution in [0, 0.1) is 0 Å². The summed E-state index contributed by atoms with van der Waals surface area (Å²) in [7, 11) is -1.39. The van der Waals surface area contributed by atoms with Gasteiger partial charge in [0.15, 0.2) is 16.2 Å². The summed E-state index contributed by atoms with van der Waals surface area (Å²) in [4.78, 5) is 0. The van der Waals surface area contributed by atoms with E-state index in [0.717, 1.165) is 0 Å². The molecule has 4 heteroatoms. The van der Waals surface area contributed by atoms with Gasteiger partial charge in [-0.2, -0.15) is 22.2 Å². The van der Waals surface area contributed by atoms with Crippen molar-refractivity contribution in [3.63, 3.8) is 0 Å². The summed E-state index contributed by atoms with van der Waals surface area (Å²) in [6.45, 7) is 4.04.